The van der Waals surface area contributed by atoms with Crippen LogP contribution in [-0.2, 0) is 4.79 Å². The Morgan fingerprint density at radius 1 is 1.75 bits per heavy atom. The molecule has 0 aliphatic heterocycles. The van der Waals surface area contributed by atoms with E-state index in [4.69, 9.17) is 0 Å². The molecule has 4 heteroatoms. The second-order valence-corrected chi connectivity index (χ2v) is 3.32. The monoisotopic (exact) mass is 228 g/mol. The van der Waals surface area contributed by atoms with E-state index in [1.165, 1.54) is 0 Å². The highest BCUT2D eigenvalue weighted by Crippen LogP contribution is 2.14. The van der Waals surface area contributed by atoms with Crippen LogP contribution in [0.5, 0.6) is 0 Å². The molecule has 0 radical (unpaired) electrons. The van der Waals surface area contributed by atoms with Gasteiger partial charge >= 0.3 is 0 Å². The van der Waals surface area contributed by atoms with Crippen molar-refractivity contribution >= 4 is 22.3 Å². The fraction of sp³-hybridized carbons (Fsp3) is 0.250. The third-order valence-electron chi connectivity index (χ3n) is 1.50. The van der Waals surface area contributed by atoms with Crippen molar-refractivity contribution in [2.24, 2.45) is 0 Å². The lowest BCUT2D eigenvalue weighted by molar-refractivity contribution is -0.110. The van der Waals surface area contributed by atoms with Crippen molar-refractivity contribution < 1.29 is 4.79 Å². The number of pyridine rings is 1. The van der Waals surface area contributed by atoms with Gasteiger partial charge in [-0.3, -0.25) is 9.78 Å². The van der Waals surface area contributed by atoms with Crippen LogP contribution in [0.2, 0.25) is 0 Å². The number of aromatic nitrogens is 1. The van der Waals surface area contributed by atoms with Crippen LogP contribution >= 0.6 is 15.9 Å². The highest BCUT2D eigenvalue weighted by Gasteiger charge is 2.04. The van der Waals surface area contributed by atoms with Gasteiger partial charge in [-0.1, -0.05) is 15.9 Å². The molecular weight excluding hydrogens is 220 g/mol. The summed E-state index contributed by atoms with van der Waals surface area (Å²) in [6, 6.07) is 3.68. The fourth-order valence-electron chi connectivity index (χ4n) is 0.845. The molecule has 0 aliphatic rings. The number of amides is 1. The molecule has 1 aromatic rings. The van der Waals surface area contributed by atoms with Crippen LogP contribution in [0.3, 0.4) is 0 Å². The number of carbonyl (C=O) groups is 1. The maximum Gasteiger partial charge on any atom is 0.207 e. The van der Waals surface area contributed by atoms with Gasteiger partial charge < -0.3 is 5.32 Å². The van der Waals surface area contributed by atoms with Crippen LogP contribution in [0.1, 0.15) is 18.7 Å². The van der Waals surface area contributed by atoms with Crippen LogP contribution in [0.15, 0.2) is 22.8 Å². The summed E-state index contributed by atoms with van der Waals surface area (Å²) in [7, 11) is 0. The van der Waals surface area contributed by atoms with Gasteiger partial charge in [-0.2, -0.15) is 0 Å². The van der Waals surface area contributed by atoms with Gasteiger partial charge in [0.25, 0.3) is 0 Å². The SMILES string of the molecule is CC(NC=O)c1cc(Br)ccn1. The van der Waals surface area contributed by atoms with Crippen molar-refractivity contribution in [3.63, 3.8) is 0 Å². The van der Waals surface area contributed by atoms with Crippen molar-refractivity contribution in [3.8, 4) is 0 Å². The number of rotatable bonds is 3. The van der Waals surface area contributed by atoms with Crippen LogP contribution in [-0.4, -0.2) is 11.4 Å². The molecule has 12 heavy (non-hydrogen) atoms. The van der Waals surface area contributed by atoms with E-state index in [1.54, 1.807) is 6.20 Å². The van der Waals surface area contributed by atoms with E-state index >= 15 is 0 Å². The van der Waals surface area contributed by atoms with Crippen molar-refractivity contribution in [1.29, 1.82) is 0 Å². The fourth-order valence-corrected chi connectivity index (χ4v) is 1.20. The molecule has 0 bridgehead atoms. The van der Waals surface area contributed by atoms with E-state index in [9.17, 15) is 4.79 Å². The average Bonchev–Trinajstić information content (AvgIpc) is 2.05. The van der Waals surface area contributed by atoms with E-state index in [1.807, 2.05) is 19.1 Å². The van der Waals surface area contributed by atoms with Gasteiger partial charge in [0.1, 0.15) is 0 Å². The number of halogens is 1. The molecule has 1 rings (SSSR count). The Balaban J connectivity index is 2.80. The molecule has 0 saturated heterocycles. The third-order valence-corrected chi connectivity index (χ3v) is 2.00. The predicted octanol–water partition coefficient (Wildman–Crippen LogP) is 1.65. The summed E-state index contributed by atoms with van der Waals surface area (Å²) in [6.07, 6.45) is 2.37. The van der Waals surface area contributed by atoms with Gasteiger partial charge in [-0.05, 0) is 19.1 Å². The van der Waals surface area contributed by atoms with Crippen molar-refractivity contribution in [3.05, 3.63) is 28.5 Å². The van der Waals surface area contributed by atoms with Crippen molar-refractivity contribution in [2.75, 3.05) is 0 Å². The summed E-state index contributed by atoms with van der Waals surface area (Å²) in [5.74, 6) is 0. The number of nitrogens with zero attached hydrogens (tertiary/aromatic N) is 1. The minimum atomic E-state index is -0.0417. The Morgan fingerprint density at radius 2 is 2.50 bits per heavy atom. The molecule has 0 saturated carbocycles. The smallest absolute Gasteiger partial charge is 0.207 e. The summed E-state index contributed by atoms with van der Waals surface area (Å²) in [4.78, 5) is 14.2. The van der Waals surface area contributed by atoms with Gasteiger partial charge in [-0.25, -0.2) is 0 Å². The topological polar surface area (TPSA) is 42.0 Å². The summed E-state index contributed by atoms with van der Waals surface area (Å²) in [5.41, 5.74) is 0.844. The standard InChI is InChI=1S/C8H9BrN2O/c1-6(11-5-12)8-4-7(9)2-3-10-8/h2-6H,1H3,(H,11,12). The average molecular weight is 229 g/mol. The molecule has 1 atom stereocenters. The van der Waals surface area contributed by atoms with E-state index in [0.29, 0.717) is 6.41 Å². The summed E-state index contributed by atoms with van der Waals surface area (Å²) >= 11 is 3.33. The van der Waals surface area contributed by atoms with E-state index in [-0.39, 0.29) is 6.04 Å². The lowest BCUT2D eigenvalue weighted by Gasteiger charge is -2.08. The Labute approximate surface area is 79.3 Å². The first-order valence-electron chi connectivity index (χ1n) is 3.55. The minimum Gasteiger partial charge on any atom is -0.351 e. The van der Waals surface area contributed by atoms with Crippen molar-refractivity contribution in [2.45, 2.75) is 13.0 Å². The second-order valence-electron chi connectivity index (χ2n) is 2.41. The van der Waals surface area contributed by atoms with Gasteiger partial charge in [0, 0.05) is 10.7 Å². The number of hydrogen-bond acceptors (Lipinski definition) is 2. The highest BCUT2D eigenvalue weighted by molar-refractivity contribution is 9.10. The molecule has 0 aromatic carbocycles. The minimum absolute atomic E-state index is 0.0417. The van der Waals surface area contributed by atoms with E-state index < -0.39 is 0 Å². The molecule has 0 aliphatic carbocycles. The zero-order valence-electron chi connectivity index (χ0n) is 6.62. The summed E-state index contributed by atoms with van der Waals surface area (Å²) in [6.45, 7) is 1.88. The van der Waals surface area contributed by atoms with Crippen LogP contribution in [0.4, 0.5) is 0 Å². The molecule has 64 valence electrons. The van der Waals surface area contributed by atoms with Gasteiger partial charge in [0.05, 0.1) is 11.7 Å². The molecule has 1 N–H and O–H groups in total. The normalized spacial score (nSPS) is 12.2. The lowest BCUT2D eigenvalue weighted by Crippen LogP contribution is -2.17. The van der Waals surface area contributed by atoms with E-state index in [2.05, 4.69) is 26.2 Å². The first-order chi connectivity index (χ1) is 5.74. The molecule has 3 nitrogen and oxygen atoms in total. The zero-order chi connectivity index (χ0) is 8.97. The maximum atomic E-state index is 10.1. The third kappa shape index (κ3) is 2.30. The van der Waals surface area contributed by atoms with Crippen LogP contribution < -0.4 is 5.32 Å². The maximum absolute atomic E-state index is 10.1. The summed E-state index contributed by atoms with van der Waals surface area (Å²) in [5, 5.41) is 2.63. The number of carbonyl (C=O) groups excluding carboxylic acids is 1. The first-order valence-corrected chi connectivity index (χ1v) is 4.34. The molecule has 1 amide bonds. The van der Waals surface area contributed by atoms with Gasteiger partial charge in [-0.15, -0.1) is 0 Å². The van der Waals surface area contributed by atoms with E-state index in [0.717, 1.165) is 10.2 Å². The quantitative estimate of drug-likeness (QED) is 0.800. The number of hydrogen-bond donors (Lipinski definition) is 1. The summed E-state index contributed by atoms with van der Waals surface area (Å²) < 4.78 is 0.965. The molecule has 1 unspecified atom stereocenters. The predicted molar refractivity (Wildman–Crippen MR) is 49.6 cm³/mol. The zero-order valence-corrected chi connectivity index (χ0v) is 8.21. The van der Waals surface area contributed by atoms with Gasteiger partial charge in [0.2, 0.25) is 6.41 Å². The lowest BCUT2D eigenvalue weighted by atomic mass is 10.2. The Hall–Kier alpha value is -0.900. The second kappa shape index (κ2) is 4.21. The Bertz CT molecular complexity index is 278. The van der Waals surface area contributed by atoms with Crippen LogP contribution in [0.25, 0.3) is 0 Å². The largest absolute Gasteiger partial charge is 0.351 e. The highest BCUT2D eigenvalue weighted by atomic mass is 79.9. The first kappa shape index (κ1) is 9.19. The molecule has 0 spiro atoms. The van der Waals surface area contributed by atoms with Gasteiger partial charge in [0.15, 0.2) is 0 Å². The molecule has 1 heterocycles. The number of nitrogens with one attached hydrogen (secondary N) is 1. The molecular formula is C8H9BrN2O. The van der Waals surface area contributed by atoms with Crippen LogP contribution in [0, 0.1) is 0 Å². The molecule has 0 fully saturated rings. The van der Waals surface area contributed by atoms with Crippen molar-refractivity contribution in [1.82, 2.24) is 10.3 Å². The molecule has 1 aromatic heterocycles. The Morgan fingerprint density at radius 3 is 3.08 bits per heavy atom. The Kier molecular flexibility index (Phi) is 3.22.